The van der Waals surface area contributed by atoms with Crippen molar-refractivity contribution in [2.75, 3.05) is 17.7 Å². The zero-order chi connectivity index (χ0) is 15.2. The highest BCUT2D eigenvalue weighted by molar-refractivity contribution is 6.05. The highest BCUT2D eigenvalue weighted by Crippen LogP contribution is 2.18. The molecular formula is C17H21N3O. The van der Waals surface area contributed by atoms with Crippen LogP contribution in [0.15, 0.2) is 36.4 Å². The van der Waals surface area contributed by atoms with Crippen LogP contribution in [0.2, 0.25) is 0 Å². The summed E-state index contributed by atoms with van der Waals surface area (Å²) < 4.78 is 0. The van der Waals surface area contributed by atoms with Gasteiger partial charge in [0.15, 0.2) is 0 Å². The third-order valence-corrected chi connectivity index (χ3v) is 3.41. The van der Waals surface area contributed by atoms with Crippen LogP contribution >= 0.6 is 0 Å². The monoisotopic (exact) mass is 283 g/mol. The molecule has 0 saturated carbocycles. The van der Waals surface area contributed by atoms with Gasteiger partial charge in [-0.3, -0.25) is 4.79 Å². The molecule has 2 rings (SSSR count). The van der Waals surface area contributed by atoms with Gasteiger partial charge in [0, 0.05) is 24.0 Å². The fourth-order valence-electron chi connectivity index (χ4n) is 2.17. The molecule has 21 heavy (non-hydrogen) atoms. The molecule has 2 N–H and O–H groups in total. The molecular weight excluding hydrogens is 262 g/mol. The maximum Gasteiger partial charge on any atom is 0.255 e. The standard InChI is InChI=1S/C17H21N3O/c1-4-12-8-6-7-9-15(12)20-17(21)13-10-14(5-2)19-16(11-13)18-3/h6-11H,4-5H2,1-3H3,(H,18,19)(H,20,21). The lowest BCUT2D eigenvalue weighted by molar-refractivity contribution is 0.102. The number of carbonyl (C=O) groups is 1. The molecule has 0 unspecified atom stereocenters. The highest BCUT2D eigenvalue weighted by atomic mass is 16.1. The Kier molecular flexibility index (Phi) is 4.93. The number of benzene rings is 1. The van der Waals surface area contributed by atoms with Crippen LogP contribution in [0.3, 0.4) is 0 Å². The van der Waals surface area contributed by atoms with Crippen molar-refractivity contribution in [3.8, 4) is 0 Å². The van der Waals surface area contributed by atoms with Crippen molar-refractivity contribution in [2.24, 2.45) is 0 Å². The van der Waals surface area contributed by atoms with Gasteiger partial charge in [-0.25, -0.2) is 4.98 Å². The van der Waals surface area contributed by atoms with Crippen molar-refractivity contribution in [1.29, 1.82) is 0 Å². The molecule has 0 fully saturated rings. The van der Waals surface area contributed by atoms with Crippen LogP contribution in [0.4, 0.5) is 11.5 Å². The van der Waals surface area contributed by atoms with Gasteiger partial charge in [-0.2, -0.15) is 0 Å². The van der Waals surface area contributed by atoms with E-state index in [1.807, 2.05) is 37.3 Å². The average molecular weight is 283 g/mol. The first-order chi connectivity index (χ1) is 10.2. The van der Waals surface area contributed by atoms with E-state index < -0.39 is 0 Å². The minimum atomic E-state index is -0.107. The molecule has 0 saturated heterocycles. The van der Waals surface area contributed by atoms with Crippen LogP contribution in [0, 0.1) is 0 Å². The summed E-state index contributed by atoms with van der Waals surface area (Å²) in [5, 5.41) is 5.98. The van der Waals surface area contributed by atoms with E-state index in [0.717, 1.165) is 29.8 Å². The van der Waals surface area contributed by atoms with Crippen molar-refractivity contribution in [3.63, 3.8) is 0 Å². The highest BCUT2D eigenvalue weighted by Gasteiger charge is 2.11. The average Bonchev–Trinajstić information content (AvgIpc) is 2.54. The van der Waals surface area contributed by atoms with Crippen LogP contribution in [0.25, 0.3) is 0 Å². The zero-order valence-electron chi connectivity index (χ0n) is 12.7. The Morgan fingerprint density at radius 3 is 2.57 bits per heavy atom. The van der Waals surface area contributed by atoms with Crippen molar-refractivity contribution >= 4 is 17.4 Å². The van der Waals surface area contributed by atoms with Crippen LogP contribution in [-0.2, 0) is 12.8 Å². The smallest absolute Gasteiger partial charge is 0.255 e. The number of carbonyl (C=O) groups excluding carboxylic acids is 1. The molecule has 1 aromatic heterocycles. The van der Waals surface area contributed by atoms with Gasteiger partial charge in [-0.05, 0) is 36.6 Å². The molecule has 0 aliphatic heterocycles. The molecule has 0 aliphatic carbocycles. The Hall–Kier alpha value is -2.36. The van der Waals surface area contributed by atoms with Crippen molar-refractivity contribution in [1.82, 2.24) is 4.98 Å². The lowest BCUT2D eigenvalue weighted by atomic mass is 10.1. The van der Waals surface area contributed by atoms with Crippen molar-refractivity contribution in [2.45, 2.75) is 26.7 Å². The van der Waals surface area contributed by atoms with E-state index in [0.29, 0.717) is 11.4 Å². The number of nitrogens with one attached hydrogen (secondary N) is 2. The number of amides is 1. The molecule has 0 atom stereocenters. The van der Waals surface area contributed by atoms with Gasteiger partial charge in [0.25, 0.3) is 5.91 Å². The van der Waals surface area contributed by atoms with E-state index in [2.05, 4.69) is 22.5 Å². The SMILES string of the molecule is CCc1cc(C(=O)Nc2ccccc2CC)cc(NC)n1. The zero-order valence-corrected chi connectivity index (χ0v) is 12.7. The summed E-state index contributed by atoms with van der Waals surface area (Å²) in [5.74, 6) is 0.604. The quantitative estimate of drug-likeness (QED) is 0.883. The molecule has 1 amide bonds. The van der Waals surface area contributed by atoms with Gasteiger partial charge >= 0.3 is 0 Å². The van der Waals surface area contributed by atoms with Gasteiger partial charge in [-0.15, -0.1) is 0 Å². The maximum atomic E-state index is 12.5. The van der Waals surface area contributed by atoms with Gasteiger partial charge < -0.3 is 10.6 Å². The number of hydrogen-bond donors (Lipinski definition) is 2. The first-order valence-corrected chi connectivity index (χ1v) is 7.25. The normalized spacial score (nSPS) is 10.2. The van der Waals surface area contributed by atoms with Crippen LogP contribution in [0.5, 0.6) is 0 Å². The van der Waals surface area contributed by atoms with Gasteiger partial charge in [0.1, 0.15) is 5.82 Å². The first kappa shape index (κ1) is 15.0. The summed E-state index contributed by atoms with van der Waals surface area (Å²) in [6, 6.07) is 11.5. The summed E-state index contributed by atoms with van der Waals surface area (Å²) >= 11 is 0. The molecule has 0 bridgehead atoms. The molecule has 4 nitrogen and oxygen atoms in total. The van der Waals surface area contributed by atoms with Gasteiger partial charge in [-0.1, -0.05) is 32.0 Å². The van der Waals surface area contributed by atoms with E-state index in [1.54, 1.807) is 13.1 Å². The topological polar surface area (TPSA) is 54.0 Å². The number of para-hydroxylation sites is 1. The molecule has 110 valence electrons. The summed E-state index contributed by atoms with van der Waals surface area (Å²) in [5.41, 5.74) is 3.52. The van der Waals surface area contributed by atoms with Crippen LogP contribution in [-0.4, -0.2) is 17.9 Å². The van der Waals surface area contributed by atoms with E-state index in [9.17, 15) is 4.79 Å². The molecule has 0 aliphatic rings. The second-order valence-corrected chi connectivity index (χ2v) is 4.80. The molecule has 1 heterocycles. The second kappa shape index (κ2) is 6.88. The molecule has 4 heteroatoms. The predicted molar refractivity (Wildman–Crippen MR) is 86.9 cm³/mol. The number of anilines is 2. The summed E-state index contributed by atoms with van der Waals surface area (Å²) in [6.45, 7) is 4.10. The fourth-order valence-corrected chi connectivity index (χ4v) is 2.17. The number of rotatable bonds is 5. The number of hydrogen-bond acceptors (Lipinski definition) is 3. The molecule has 1 aromatic carbocycles. The van der Waals surface area contributed by atoms with E-state index in [-0.39, 0.29) is 5.91 Å². The first-order valence-electron chi connectivity index (χ1n) is 7.25. The number of aromatic nitrogens is 1. The number of pyridine rings is 1. The number of aryl methyl sites for hydroxylation is 2. The minimum absolute atomic E-state index is 0.107. The van der Waals surface area contributed by atoms with Crippen LogP contribution in [0.1, 0.15) is 35.5 Å². The fraction of sp³-hybridized carbons (Fsp3) is 0.294. The summed E-state index contributed by atoms with van der Waals surface area (Å²) in [7, 11) is 1.80. The Morgan fingerprint density at radius 2 is 1.90 bits per heavy atom. The molecule has 0 spiro atoms. The lowest BCUT2D eigenvalue weighted by Crippen LogP contribution is -2.14. The molecule has 0 radical (unpaired) electrons. The van der Waals surface area contributed by atoms with Crippen LogP contribution < -0.4 is 10.6 Å². The Bertz CT molecular complexity index is 615. The van der Waals surface area contributed by atoms with E-state index >= 15 is 0 Å². The Morgan fingerprint density at radius 1 is 1.14 bits per heavy atom. The third kappa shape index (κ3) is 3.60. The van der Waals surface area contributed by atoms with Crippen molar-refractivity contribution in [3.05, 3.63) is 53.2 Å². The van der Waals surface area contributed by atoms with Crippen molar-refractivity contribution < 1.29 is 4.79 Å². The number of nitrogens with zero attached hydrogens (tertiary/aromatic N) is 1. The van der Waals surface area contributed by atoms with E-state index in [4.69, 9.17) is 0 Å². The summed E-state index contributed by atoms with van der Waals surface area (Å²) in [6.07, 6.45) is 1.68. The predicted octanol–water partition coefficient (Wildman–Crippen LogP) is 3.50. The minimum Gasteiger partial charge on any atom is -0.373 e. The second-order valence-electron chi connectivity index (χ2n) is 4.80. The van der Waals surface area contributed by atoms with E-state index in [1.165, 1.54) is 0 Å². The van der Waals surface area contributed by atoms with Gasteiger partial charge in [0.2, 0.25) is 0 Å². The molecule has 2 aromatic rings. The lowest BCUT2D eigenvalue weighted by Gasteiger charge is -2.11. The largest absolute Gasteiger partial charge is 0.373 e. The third-order valence-electron chi connectivity index (χ3n) is 3.41. The Balaban J connectivity index is 2.28. The Labute approximate surface area is 125 Å². The van der Waals surface area contributed by atoms with Gasteiger partial charge in [0.05, 0.1) is 0 Å². The maximum absolute atomic E-state index is 12.5. The summed E-state index contributed by atoms with van der Waals surface area (Å²) in [4.78, 5) is 16.9.